The van der Waals surface area contributed by atoms with Gasteiger partial charge >= 0.3 is 0 Å². The monoisotopic (exact) mass is 215 g/mol. The Morgan fingerprint density at radius 1 is 1.25 bits per heavy atom. The number of carbonyl (C=O) groups excluding carboxylic acids is 2. The maximum Gasteiger partial charge on any atom is 0.267 e. The average Bonchev–Trinajstić information content (AvgIpc) is 3.06. The van der Waals surface area contributed by atoms with Crippen molar-refractivity contribution in [2.75, 3.05) is 6.61 Å². The lowest BCUT2D eigenvalue weighted by Crippen LogP contribution is -2.28. The van der Waals surface area contributed by atoms with Crippen molar-refractivity contribution in [1.29, 1.82) is 0 Å². The Labute approximate surface area is 91.9 Å². The van der Waals surface area contributed by atoms with Crippen LogP contribution in [0.4, 0.5) is 0 Å². The topological polar surface area (TPSA) is 58.7 Å². The van der Waals surface area contributed by atoms with E-state index in [0.29, 0.717) is 5.70 Å². The number of Topliss-reactive ketones (excluding diaryl/α,β-unsaturated/α-hetero) is 1. The van der Waals surface area contributed by atoms with E-state index < -0.39 is 5.60 Å². The third-order valence-electron chi connectivity index (χ3n) is 2.77. The van der Waals surface area contributed by atoms with Crippen molar-refractivity contribution in [3.63, 3.8) is 0 Å². The molecule has 2 aliphatic rings. The predicted octanol–water partition coefficient (Wildman–Crippen LogP) is 0.495. The van der Waals surface area contributed by atoms with E-state index in [-0.39, 0.29) is 18.3 Å². The van der Waals surface area contributed by atoms with Gasteiger partial charge in [-0.3, -0.25) is 9.59 Å². The Hall–Kier alpha value is -1.94. The summed E-state index contributed by atoms with van der Waals surface area (Å²) < 4.78 is 4.95. The lowest BCUT2D eigenvalue weighted by Gasteiger charge is -1.95. The van der Waals surface area contributed by atoms with Crippen molar-refractivity contribution in [3.8, 4) is 0 Å². The number of hydrogen-bond donors (Lipinski definition) is 1. The quantitative estimate of drug-likeness (QED) is 0.421. The van der Waals surface area contributed by atoms with Crippen LogP contribution < -0.4 is 5.32 Å². The first kappa shape index (κ1) is 9.30. The first-order valence-corrected chi connectivity index (χ1v) is 4.99. The van der Waals surface area contributed by atoms with Crippen LogP contribution in [0.3, 0.4) is 0 Å². The Bertz CT molecular complexity index is 500. The molecule has 16 heavy (non-hydrogen) atoms. The fourth-order valence-corrected chi connectivity index (χ4v) is 1.75. The van der Waals surface area contributed by atoms with Crippen molar-refractivity contribution >= 4 is 17.8 Å². The van der Waals surface area contributed by atoms with Crippen LogP contribution in [0.2, 0.25) is 0 Å². The molecule has 1 aromatic rings. The maximum atomic E-state index is 11.8. The van der Waals surface area contributed by atoms with Crippen molar-refractivity contribution in [2.24, 2.45) is 0 Å². The molecule has 2 heterocycles. The lowest BCUT2D eigenvalue weighted by molar-refractivity contribution is -0.128. The standard InChI is InChI=1S/C12H9NO3/c14-10-9(6-8-4-2-1-3-5-8)13-11(15)12(10)7-16-12/h1-6H,7H2,(H,13,15)/b9-6-. The van der Waals surface area contributed by atoms with Gasteiger partial charge in [0.2, 0.25) is 11.4 Å². The number of hydrogen-bond acceptors (Lipinski definition) is 3. The molecule has 2 fully saturated rings. The van der Waals surface area contributed by atoms with E-state index in [1.165, 1.54) is 0 Å². The molecule has 0 radical (unpaired) electrons. The number of amides is 1. The number of rotatable bonds is 1. The fourth-order valence-electron chi connectivity index (χ4n) is 1.75. The normalized spacial score (nSPS) is 29.9. The molecule has 80 valence electrons. The van der Waals surface area contributed by atoms with Gasteiger partial charge in [-0.15, -0.1) is 0 Å². The predicted molar refractivity (Wildman–Crippen MR) is 56.3 cm³/mol. The highest BCUT2D eigenvalue weighted by Gasteiger charge is 2.64. The van der Waals surface area contributed by atoms with Gasteiger partial charge in [-0.05, 0) is 11.6 Å². The molecule has 1 atom stereocenters. The van der Waals surface area contributed by atoms with Crippen LogP contribution >= 0.6 is 0 Å². The van der Waals surface area contributed by atoms with E-state index in [1.54, 1.807) is 6.08 Å². The zero-order chi connectivity index (χ0) is 11.2. The van der Waals surface area contributed by atoms with Gasteiger partial charge in [0.15, 0.2) is 0 Å². The summed E-state index contributed by atoms with van der Waals surface area (Å²) in [7, 11) is 0. The van der Waals surface area contributed by atoms with Crippen LogP contribution in [0.1, 0.15) is 5.56 Å². The molecule has 4 heteroatoms. The van der Waals surface area contributed by atoms with Gasteiger partial charge in [0.1, 0.15) is 0 Å². The molecule has 1 amide bonds. The maximum absolute atomic E-state index is 11.8. The van der Waals surface area contributed by atoms with Gasteiger partial charge in [0.25, 0.3) is 5.91 Å². The molecule has 1 aromatic carbocycles. The van der Waals surface area contributed by atoms with Crippen LogP contribution in [0.15, 0.2) is 36.0 Å². The third-order valence-corrected chi connectivity index (χ3v) is 2.77. The molecule has 0 bridgehead atoms. The Balaban J connectivity index is 1.96. The zero-order valence-corrected chi connectivity index (χ0v) is 8.40. The molecule has 4 nitrogen and oxygen atoms in total. The highest BCUT2D eigenvalue weighted by Crippen LogP contribution is 2.35. The summed E-state index contributed by atoms with van der Waals surface area (Å²) in [5, 5.41) is 2.55. The summed E-state index contributed by atoms with van der Waals surface area (Å²) in [6, 6.07) is 9.37. The first-order valence-electron chi connectivity index (χ1n) is 4.99. The van der Waals surface area contributed by atoms with Gasteiger partial charge in [0.05, 0.1) is 12.3 Å². The molecular formula is C12H9NO3. The third kappa shape index (κ3) is 1.20. The van der Waals surface area contributed by atoms with E-state index in [2.05, 4.69) is 5.32 Å². The van der Waals surface area contributed by atoms with Crippen molar-refractivity contribution < 1.29 is 14.3 Å². The Morgan fingerprint density at radius 3 is 2.50 bits per heavy atom. The largest absolute Gasteiger partial charge is 0.351 e. The SMILES string of the molecule is O=C1N/C(=C\c2ccccc2)C(=O)C12CO2. The van der Waals surface area contributed by atoms with Gasteiger partial charge in [-0.1, -0.05) is 30.3 Å². The van der Waals surface area contributed by atoms with Gasteiger partial charge < -0.3 is 10.1 Å². The van der Waals surface area contributed by atoms with Crippen LogP contribution in [-0.4, -0.2) is 23.9 Å². The van der Waals surface area contributed by atoms with Crippen molar-refractivity contribution in [3.05, 3.63) is 41.6 Å². The van der Waals surface area contributed by atoms with Crippen molar-refractivity contribution in [1.82, 2.24) is 5.32 Å². The minimum Gasteiger partial charge on any atom is -0.351 e. The highest BCUT2D eigenvalue weighted by molar-refractivity contribution is 6.27. The molecule has 3 rings (SSSR count). The Kier molecular flexibility index (Phi) is 1.76. The molecule has 1 unspecified atom stereocenters. The van der Waals surface area contributed by atoms with Gasteiger partial charge in [-0.2, -0.15) is 0 Å². The van der Waals surface area contributed by atoms with Crippen LogP contribution in [0, 0.1) is 0 Å². The number of benzene rings is 1. The van der Waals surface area contributed by atoms with Gasteiger partial charge in [-0.25, -0.2) is 0 Å². The average molecular weight is 215 g/mol. The van der Waals surface area contributed by atoms with Crippen LogP contribution in [0.25, 0.3) is 6.08 Å². The van der Waals surface area contributed by atoms with E-state index in [0.717, 1.165) is 5.56 Å². The second kappa shape index (κ2) is 3.02. The smallest absolute Gasteiger partial charge is 0.267 e. The van der Waals surface area contributed by atoms with E-state index >= 15 is 0 Å². The number of carbonyl (C=O) groups is 2. The molecule has 2 saturated heterocycles. The molecule has 0 aromatic heterocycles. The molecule has 2 aliphatic heterocycles. The fraction of sp³-hybridized carbons (Fsp3) is 0.167. The summed E-state index contributed by atoms with van der Waals surface area (Å²) in [5.41, 5.74) is -0.00166. The number of ether oxygens (including phenoxy) is 1. The number of ketones is 1. The minimum absolute atomic E-state index is 0.198. The first-order chi connectivity index (χ1) is 7.72. The van der Waals surface area contributed by atoms with E-state index in [1.807, 2.05) is 30.3 Å². The Morgan fingerprint density at radius 2 is 1.94 bits per heavy atom. The zero-order valence-electron chi connectivity index (χ0n) is 8.40. The summed E-state index contributed by atoms with van der Waals surface area (Å²) >= 11 is 0. The molecule has 0 aliphatic carbocycles. The lowest BCUT2D eigenvalue weighted by atomic mass is 10.1. The second-order valence-corrected chi connectivity index (χ2v) is 3.87. The summed E-state index contributed by atoms with van der Waals surface area (Å²) in [5.74, 6) is -0.610. The van der Waals surface area contributed by atoms with E-state index in [4.69, 9.17) is 4.74 Å². The van der Waals surface area contributed by atoms with E-state index in [9.17, 15) is 9.59 Å². The number of epoxide rings is 1. The molecule has 0 saturated carbocycles. The summed E-state index contributed by atoms with van der Waals surface area (Å²) in [4.78, 5) is 23.3. The second-order valence-electron chi connectivity index (χ2n) is 3.87. The van der Waals surface area contributed by atoms with Crippen LogP contribution in [0.5, 0.6) is 0 Å². The highest BCUT2D eigenvalue weighted by atomic mass is 16.6. The summed E-state index contributed by atoms with van der Waals surface area (Å²) in [6.07, 6.45) is 1.66. The van der Waals surface area contributed by atoms with Crippen molar-refractivity contribution in [2.45, 2.75) is 5.60 Å². The molecule has 1 spiro atoms. The van der Waals surface area contributed by atoms with Gasteiger partial charge in [0, 0.05) is 0 Å². The molecular weight excluding hydrogens is 206 g/mol. The summed E-state index contributed by atoms with van der Waals surface area (Å²) in [6.45, 7) is 0.198. The molecule has 1 N–H and O–H groups in total. The minimum atomic E-state index is -1.19. The van der Waals surface area contributed by atoms with Crippen LogP contribution in [-0.2, 0) is 14.3 Å². The number of nitrogens with one attached hydrogen (secondary N) is 1.